The number of carbonyl (C=O) groups excluding carboxylic acids is 1. The smallest absolute Gasteiger partial charge is 0.225 e. The fourth-order valence-corrected chi connectivity index (χ4v) is 3.85. The second-order valence-corrected chi connectivity index (χ2v) is 7.71. The van der Waals surface area contributed by atoms with E-state index in [0.717, 1.165) is 12.8 Å². The Bertz CT molecular complexity index is 353. The lowest BCUT2D eigenvalue weighted by Crippen LogP contribution is -2.53. The summed E-state index contributed by atoms with van der Waals surface area (Å²) in [6.45, 7) is 13.6. The van der Waals surface area contributed by atoms with E-state index in [4.69, 9.17) is 0 Å². The fraction of sp³-hybridized carbons (Fsp3) is 0.944. The van der Waals surface area contributed by atoms with Crippen molar-refractivity contribution < 1.29 is 4.79 Å². The Balaban J connectivity index is 1.77. The summed E-state index contributed by atoms with van der Waals surface area (Å²) in [6.07, 6.45) is 4.55. The van der Waals surface area contributed by atoms with Gasteiger partial charge >= 0.3 is 0 Å². The van der Waals surface area contributed by atoms with Crippen LogP contribution in [0.3, 0.4) is 0 Å². The Morgan fingerprint density at radius 1 is 0.955 bits per heavy atom. The third-order valence-corrected chi connectivity index (χ3v) is 5.76. The van der Waals surface area contributed by atoms with Crippen molar-refractivity contribution in [2.75, 3.05) is 33.2 Å². The maximum atomic E-state index is 12.4. The van der Waals surface area contributed by atoms with Gasteiger partial charge in [0.2, 0.25) is 5.91 Å². The number of hydrogen-bond donors (Lipinski definition) is 0. The molecule has 1 amide bonds. The van der Waals surface area contributed by atoms with E-state index in [9.17, 15) is 4.79 Å². The summed E-state index contributed by atoms with van der Waals surface area (Å²) in [5, 5.41) is 0. The number of rotatable bonds is 4. The van der Waals surface area contributed by atoms with E-state index < -0.39 is 0 Å². The van der Waals surface area contributed by atoms with Crippen LogP contribution in [0.25, 0.3) is 0 Å². The van der Waals surface area contributed by atoms with Crippen molar-refractivity contribution in [3.8, 4) is 0 Å². The summed E-state index contributed by atoms with van der Waals surface area (Å²) in [4.78, 5) is 19.6. The van der Waals surface area contributed by atoms with Crippen LogP contribution in [0.2, 0.25) is 0 Å². The highest BCUT2D eigenvalue weighted by Gasteiger charge is 2.32. The lowest BCUT2D eigenvalue weighted by Gasteiger charge is -2.43. The van der Waals surface area contributed by atoms with Crippen molar-refractivity contribution in [3.05, 3.63) is 0 Å². The lowest BCUT2D eigenvalue weighted by molar-refractivity contribution is -0.137. The second kappa shape index (κ2) is 7.78. The monoisotopic (exact) mass is 309 g/mol. The minimum atomic E-state index is 0.264. The molecule has 2 rings (SSSR count). The van der Waals surface area contributed by atoms with Gasteiger partial charge in [0.1, 0.15) is 0 Å². The third-order valence-electron chi connectivity index (χ3n) is 5.76. The van der Waals surface area contributed by atoms with E-state index in [1.165, 1.54) is 39.0 Å². The van der Waals surface area contributed by atoms with Crippen LogP contribution in [0.5, 0.6) is 0 Å². The highest BCUT2D eigenvalue weighted by molar-refractivity contribution is 5.78. The Morgan fingerprint density at radius 3 is 1.95 bits per heavy atom. The molecule has 4 nitrogen and oxygen atoms in total. The molecule has 0 unspecified atom stereocenters. The molecule has 4 heteroatoms. The highest BCUT2D eigenvalue weighted by atomic mass is 16.2. The summed E-state index contributed by atoms with van der Waals surface area (Å²) in [7, 11) is 1.95. The van der Waals surface area contributed by atoms with Gasteiger partial charge in [-0.05, 0) is 53.4 Å². The summed E-state index contributed by atoms with van der Waals surface area (Å²) >= 11 is 0. The molecule has 1 aliphatic heterocycles. The minimum absolute atomic E-state index is 0.264. The standard InChI is InChI=1S/C18H35N3O/c1-14(2)19(5)18(22)16-6-8-17(9-7-16)21-12-10-20(11-13-21)15(3)4/h14-17H,6-13H2,1-5H3. The normalized spacial score (nSPS) is 28.3. The lowest BCUT2D eigenvalue weighted by atomic mass is 9.84. The van der Waals surface area contributed by atoms with E-state index >= 15 is 0 Å². The van der Waals surface area contributed by atoms with E-state index in [1.54, 1.807) is 0 Å². The van der Waals surface area contributed by atoms with Gasteiger partial charge in [-0.15, -0.1) is 0 Å². The van der Waals surface area contributed by atoms with Crippen LogP contribution in [-0.4, -0.2) is 72.0 Å². The van der Waals surface area contributed by atoms with Crippen molar-refractivity contribution >= 4 is 5.91 Å². The van der Waals surface area contributed by atoms with Crippen LogP contribution in [-0.2, 0) is 4.79 Å². The van der Waals surface area contributed by atoms with E-state index in [-0.39, 0.29) is 5.92 Å². The first kappa shape index (κ1) is 17.7. The van der Waals surface area contributed by atoms with Crippen LogP contribution in [0.1, 0.15) is 53.4 Å². The number of carbonyl (C=O) groups is 1. The largest absolute Gasteiger partial charge is 0.343 e. The van der Waals surface area contributed by atoms with Crippen molar-refractivity contribution in [1.29, 1.82) is 0 Å². The Kier molecular flexibility index (Phi) is 6.27. The summed E-state index contributed by atoms with van der Waals surface area (Å²) in [5.41, 5.74) is 0. The van der Waals surface area contributed by atoms with Gasteiger partial charge in [0, 0.05) is 57.3 Å². The Labute approximate surface area is 136 Å². The van der Waals surface area contributed by atoms with Gasteiger partial charge < -0.3 is 4.90 Å². The number of piperazine rings is 1. The molecule has 0 radical (unpaired) electrons. The third kappa shape index (κ3) is 4.23. The molecule has 22 heavy (non-hydrogen) atoms. The SMILES string of the molecule is CC(C)N1CCN(C2CCC(C(=O)N(C)C(C)C)CC2)CC1. The fourth-order valence-electron chi connectivity index (χ4n) is 3.85. The van der Waals surface area contributed by atoms with Gasteiger partial charge in [0.25, 0.3) is 0 Å². The zero-order valence-electron chi connectivity index (χ0n) is 15.2. The molecule has 128 valence electrons. The van der Waals surface area contributed by atoms with E-state index in [1.807, 2.05) is 11.9 Å². The maximum Gasteiger partial charge on any atom is 0.225 e. The second-order valence-electron chi connectivity index (χ2n) is 7.71. The molecule has 0 spiro atoms. The van der Waals surface area contributed by atoms with Gasteiger partial charge in [-0.25, -0.2) is 0 Å². The first-order valence-electron chi connectivity index (χ1n) is 9.15. The van der Waals surface area contributed by atoms with Gasteiger partial charge in [-0.2, -0.15) is 0 Å². The molecule has 1 aliphatic carbocycles. The zero-order valence-corrected chi connectivity index (χ0v) is 15.2. The summed E-state index contributed by atoms with van der Waals surface area (Å²) in [5.74, 6) is 0.624. The molecule has 1 saturated carbocycles. The first-order chi connectivity index (χ1) is 10.4. The summed E-state index contributed by atoms with van der Waals surface area (Å²) in [6, 6.07) is 1.69. The molecule has 0 bridgehead atoms. The minimum Gasteiger partial charge on any atom is -0.343 e. The Hall–Kier alpha value is -0.610. The zero-order chi connectivity index (χ0) is 16.3. The number of hydrogen-bond acceptors (Lipinski definition) is 3. The van der Waals surface area contributed by atoms with Crippen LogP contribution in [0.15, 0.2) is 0 Å². The topological polar surface area (TPSA) is 26.8 Å². The predicted molar refractivity (Wildman–Crippen MR) is 91.9 cm³/mol. The quantitative estimate of drug-likeness (QED) is 0.798. The molecule has 0 N–H and O–H groups in total. The van der Waals surface area contributed by atoms with Crippen LogP contribution >= 0.6 is 0 Å². The van der Waals surface area contributed by atoms with Crippen molar-refractivity contribution in [2.24, 2.45) is 5.92 Å². The number of nitrogens with zero attached hydrogens (tertiary/aromatic N) is 3. The van der Waals surface area contributed by atoms with Gasteiger partial charge in [-0.1, -0.05) is 0 Å². The molecular formula is C18H35N3O. The van der Waals surface area contributed by atoms with Crippen LogP contribution < -0.4 is 0 Å². The van der Waals surface area contributed by atoms with E-state index in [0.29, 0.717) is 24.0 Å². The average molecular weight is 309 g/mol. The molecule has 0 aromatic carbocycles. The van der Waals surface area contributed by atoms with Crippen molar-refractivity contribution in [2.45, 2.75) is 71.5 Å². The average Bonchev–Trinajstić information content (AvgIpc) is 2.53. The van der Waals surface area contributed by atoms with Crippen molar-refractivity contribution in [3.63, 3.8) is 0 Å². The van der Waals surface area contributed by atoms with Crippen LogP contribution in [0.4, 0.5) is 0 Å². The predicted octanol–water partition coefficient (Wildman–Crippen LogP) is 2.44. The maximum absolute atomic E-state index is 12.4. The molecular weight excluding hydrogens is 274 g/mol. The van der Waals surface area contributed by atoms with Crippen LogP contribution in [0, 0.1) is 5.92 Å². The molecule has 1 saturated heterocycles. The molecule has 0 aromatic heterocycles. The van der Waals surface area contributed by atoms with Crippen molar-refractivity contribution in [1.82, 2.24) is 14.7 Å². The molecule has 2 fully saturated rings. The van der Waals surface area contributed by atoms with E-state index in [2.05, 4.69) is 37.5 Å². The first-order valence-corrected chi connectivity index (χ1v) is 9.15. The molecule has 2 aliphatic rings. The molecule has 1 heterocycles. The molecule has 0 atom stereocenters. The Morgan fingerprint density at radius 2 is 1.50 bits per heavy atom. The van der Waals surface area contributed by atoms with Gasteiger partial charge in [0.15, 0.2) is 0 Å². The highest BCUT2D eigenvalue weighted by Crippen LogP contribution is 2.29. The van der Waals surface area contributed by atoms with Gasteiger partial charge in [-0.3, -0.25) is 14.6 Å². The molecule has 0 aromatic rings. The van der Waals surface area contributed by atoms with Gasteiger partial charge in [0.05, 0.1) is 0 Å². The summed E-state index contributed by atoms with van der Waals surface area (Å²) < 4.78 is 0. The number of amides is 1.